The van der Waals surface area contributed by atoms with Crippen molar-refractivity contribution in [1.29, 1.82) is 0 Å². The number of thiazole rings is 2. The standard InChI is InChI=1S/C13H15N3O2S2/c1-7-11(12(17)18-2)20-13(15-7)14-5-10-16-9(6-19-10)8-3-4-8/h6,8H,3-5H2,1-2H3,(H,14,15). The van der Waals surface area contributed by atoms with Crippen molar-refractivity contribution in [2.45, 2.75) is 32.2 Å². The van der Waals surface area contributed by atoms with E-state index in [0.29, 0.717) is 23.0 Å². The van der Waals surface area contributed by atoms with Crippen LogP contribution in [0.15, 0.2) is 5.38 Å². The Morgan fingerprint density at radius 1 is 1.50 bits per heavy atom. The smallest absolute Gasteiger partial charge is 0.350 e. The zero-order chi connectivity index (χ0) is 14.1. The Morgan fingerprint density at radius 3 is 3.00 bits per heavy atom. The van der Waals surface area contributed by atoms with E-state index in [9.17, 15) is 4.79 Å². The maximum Gasteiger partial charge on any atom is 0.350 e. The van der Waals surface area contributed by atoms with E-state index in [-0.39, 0.29) is 5.97 Å². The summed E-state index contributed by atoms with van der Waals surface area (Å²) in [6.07, 6.45) is 2.54. The van der Waals surface area contributed by atoms with Gasteiger partial charge in [-0.25, -0.2) is 14.8 Å². The van der Waals surface area contributed by atoms with Crippen molar-refractivity contribution in [3.05, 3.63) is 26.7 Å². The van der Waals surface area contributed by atoms with Crippen molar-refractivity contribution in [1.82, 2.24) is 9.97 Å². The molecule has 1 N–H and O–H groups in total. The molecule has 0 bridgehead atoms. The summed E-state index contributed by atoms with van der Waals surface area (Å²) >= 11 is 2.99. The SMILES string of the molecule is COC(=O)c1sc(NCc2nc(C3CC3)cs2)nc1C. The second-order valence-corrected chi connectivity index (χ2v) is 6.66. The third-order valence-corrected chi connectivity index (χ3v) is 5.09. The molecule has 1 fully saturated rings. The number of carbonyl (C=O) groups is 1. The van der Waals surface area contributed by atoms with Crippen molar-refractivity contribution in [2.75, 3.05) is 12.4 Å². The number of hydrogen-bond donors (Lipinski definition) is 1. The number of esters is 1. The number of aryl methyl sites for hydroxylation is 1. The number of nitrogens with zero attached hydrogens (tertiary/aromatic N) is 2. The highest BCUT2D eigenvalue weighted by atomic mass is 32.1. The molecule has 0 aliphatic heterocycles. The van der Waals surface area contributed by atoms with Crippen LogP contribution < -0.4 is 5.32 Å². The van der Waals surface area contributed by atoms with Gasteiger partial charge in [0.15, 0.2) is 5.13 Å². The van der Waals surface area contributed by atoms with E-state index >= 15 is 0 Å². The monoisotopic (exact) mass is 309 g/mol. The van der Waals surface area contributed by atoms with Gasteiger partial charge in [0.2, 0.25) is 0 Å². The summed E-state index contributed by atoms with van der Waals surface area (Å²) in [5, 5.41) is 7.14. The van der Waals surface area contributed by atoms with Gasteiger partial charge in [0.1, 0.15) is 9.88 Å². The fraction of sp³-hybridized carbons (Fsp3) is 0.462. The minimum atomic E-state index is -0.335. The molecule has 5 nitrogen and oxygen atoms in total. The van der Waals surface area contributed by atoms with Crippen molar-refractivity contribution in [2.24, 2.45) is 0 Å². The summed E-state index contributed by atoms with van der Waals surface area (Å²) in [7, 11) is 1.38. The highest BCUT2D eigenvalue weighted by Crippen LogP contribution is 2.40. The quantitative estimate of drug-likeness (QED) is 0.859. The van der Waals surface area contributed by atoms with E-state index in [1.807, 2.05) is 6.92 Å². The van der Waals surface area contributed by atoms with E-state index in [1.54, 1.807) is 11.3 Å². The Balaban J connectivity index is 1.63. The molecular formula is C13H15N3O2S2. The number of anilines is 1. The molecule has 7 heteroatoms. The molecule has 0 radical (unpaired) electrons. The minimum absolute atomic E-state index is 0.335. The van der Waals surface area contributed by atoms with Crippen molar-refractivity contribution < 1.29 is 9.53 Å². The lowest BCUT2D eigenvalue weighted by Gasteiger charge is -1.98. The van der Waals surface area contributed by atoms with E-state index in [4.69, 9.17) is 4.74 Å². The van der Waals surface area contributed by atoms with Crippen LogP contribution in [0.5, 0.6) is 0 Å². The molecule has 0 atom stereocenters. The molecule has 2 aromatic rings. The lowest BCUT2D eigenvalue weighted by atomic mass is 10.3. The van der Waals surface area contributed by atoms with Crippen LogP contribution in [0, 0.1) is 6.92 Å². The van der Waals surface area contributed by atoms with Crippen LogP contribution in [-0.2, 0) is 11.3 Å². The highest BCUT2D eigenvalue weighted by molar-refractivity contribution is 7.17. The number of nitrogens with one attached hydrogen (secondary N) is 1. The first kappa shape index (κ1) is 13.5. The van der Waals surface area contributed by atoms with Crippen molar-refractivity contribution in [3.8, 4) is 0 Å². The zero-order valence-corrected chi connectivity index (χ0v) is 12.9. The predicted octanol–water partition coefficient (Wildman–Crippen LogP) is 3.18. The largest absolute Gasteiger partial charge is 0.465 e. The van der Waals surface area contributed by atoms with Gasteiger partial charge in [-0.1, -0.05) is 11.3 Å². The van der Waals surface area contributed by atoms with Gasteiger partial charge in [-0.3, -0.25) is 0 Å². The molecule has 2 aromatic heterocycles. The third-order valence-electron chi connectivity index (χ3n) is 3.12. The summed E-state index contributed by atoms with van der Waals surface area (Å²) in [6, 6.07) is 0. The number of carbonyl (C=O) groups excluding carboxylic acids is 1. The molecular weight excluding hydrogens is 294 g/mol. The number of aromatic nitrogens is 2. The Morgan fingerprint density at radius 2 is 2.30 bits per heavy atom. The van der Waals surface area contributed by atoms with Gasteiger partial charge >= 0.3 is 5.97 Å². The van der Waals surface area contributed by atoms with Gasteiger partial charge < -0.3 is 10.1 Å². The molecule has 2 heterocycles. The predicted molar refractivity (Wildman–Crippen MR) is 79.6 cm³/mol. The maximum atomic E-state index is 11.5. The molecule has 1 aliphatic rings. The molecule has 0 aromatic carbocycles. The zero-order valence-electron chi connectivity index (χ0n) is 11.3. The number of ether oxygens (including phenoxy) is 1. The van der Waals surface area contributed by atoms with Crippen LogP contribution in [0.25, 0.3) is 0 Å². The van der Waals surface area contributed by atoms with E-state index < -0.39 is 0 Å². The number of hydrogen-bond acceptors (Lipinski definition) is 7. The Kier molecular flexibility index (Phi) is 3.71. The summed E-state index contributed by atoms with van der Waals surface area (Å²) in [6.45, 7) is 2.45. The fourth-order valence-corrected chi connectivity index (χ4v) is 3.57. The molecule has 106 valence electrons. The van der Waals surface area contributed by atoms with Crippen LogP contribution in [-0.4, -0.2) is 23.0 Å². The average molecular weight is 309 g/mol. The number of methoxy groups -OCH3 is 1. The minimum Gasteiger partial charge on any atom is -0.465 e. The van der Waals surface area contributed by atoms with E-state index in [1.165, 1.54) is 37.0 Å². The molecule has 0 spiro atoms. The molecule has 20 heavy (non-hydrogen) atoms. The lowest BCUT2D eigenvalue weighted by molar-refractivity contribution is 0.0605. The van der Waals surface area contributed by atoms with Crippen LogP contribution in [0.3, 0.4) is 0 Å². The van der Waals surface area contributed by atoms with Gasteiger partial charge in [-0.15, -0.1) is 11.3 Å². The first-order valence-electron chi connectivity index (χ1n) is 6.41. The first-order chi connectivity index (χ1) is 9.67. The Labute approximate surface area is 125 Å². The Bertz CT molecular complexity index is 631. The summed E-state index contributed by atoms with van der Waals surface area (Å²) in [5.41, 5.74) is 1.92. The normalized spacial score (nSPS) is 14.3. The molecule has 3 rings (SSSR count). The first-order valence-corrected chi connectivity index (χ1v) is 8.11. The van der Waals surface area contributed by atoms with Crippen molar-refractivity contribution >= 4 is 33.8 Å². The molecule has 0 saturated heterocycles. The van der Waals surface area contributed by atoms with Gasteiger partial charge in [0, 0.05) is 11.3 Å². The maximum absolute atomic E-state index is 11.5. The van der Waals surface area contributed by atoms with Crippen LogP contribution in [0.1, 0.15) is 44.8 Å². The average Bonchev–Trinajstić information content (AvgIpc) is 3.07. The lowest BCUT2D eigenvalue weighted by Crippen LogP contribution is -1.99. The highest BCUT2D eigenvalue weighted by Gasteiger charge is 2.26. The van der Waals surface area contributed by atoms with Crippen LogP contribution >= 0.6 is 22.7 Å². The second kappa shape index (κ2) is 5.49. The van der Waals surface area contributed by atoms with Gasteiger partial charge in [-0.2, -0.15) is 0 Å². The van der Waals surface area contributed by atoms with E-state index in [0.717, 1.165) is 10.1 Å². The van der Waals surface area contributed by atoms with E-state index in [2.05, 4.69) is 20.7 Å². The second-order valence-electron chi connectivity index (χ2n) is 4.72. The summed E-state index contributed by atoms with van der Waals surface area (Å²) in [5.74, 6) is 0.353. The van der Waals surface area contributed by atoms with Crippen LogP contribution in [0.4, 0.5) is 5.13 Å². The van der Waals surface area contributed by atoms with Gasteiger partial charge in [-0.05, 0) is 19.8 Å². The Hall–Kier alpha value is -1.47. The van der Waals surface area contributed by atoms with Gasteiger partial charge in [0.05, 0.1) is 25.0 Å². The van der Waals surface area contributed by atoms with Gasteiger partial charge in [0.25, 0.3) is 0 Å². The summed E-state index contributed by atoms with van der Waals surface area (Å²) in [4.78, 5) is 21.0. The topological polar surface area (TPSA) is 64.1 Å². The van der Waals surface area contributed by atoms with Crippen molar-refractivity contribution in [3.63, 3.8) is 0 Å². The molecule has 0 unspecified atom stereocenters. The number of rotatable bonds is 5. The molecule has 1 saturated carbocycles. The fourth-order valence-electron chi connectivity index (χ4n) is 1.88. The third kappa shape index (κ3) is 2.83. The van der Waals surface area contributed by atoms with Crippen LogP contribution in [0.2, 0.25) is 0 Å². The molecule has 0 amide bonds. The molecule has 1 aliphatic carbocycles. The summed E-state index contributed by atoms with van der Waals surface area (Å²) < 4.78 is 4.72.